The van der Waals surface area contributed by atoms with Crippen molar-refractivity contribution in [1.82, 2.24) is 14.9 Å². The third kappa shape index (κ3) is 3.80. The summed E-state index contributed by atoms with van der Waals surface area (Å²) in [4.78, 5) is 40.8. The summed E-state index contributed by atoms with van der Waals surface area (Å²) in [6, 6.07) is -0.674. The average molecular weight is 333 g/mol. The number of aryl methyl sites for hydroxylation is 1. The maximum atomic E-state index is 12.9. The van der Waals surface area contributed by atoms with Crippen LogP contribution in [0.1, 0.15) is 65.7 Å². The Hall–Kier alpha value is -2.24. The summed E-state index contributed by atoms with van der Waals surface area (Å²) in [5, 5.41) is 3.49. The Morgan fingerprint density at radius 3 is 2.46 bits per heavy atom. The van der Waals surface area contributed by atoms with Crippen molar-refractivity contribution in [2.75, 3.05) is 0 Å². The molecule has 132 valence electrons. The minimum Gasteiger partial charge on any atom is -0.295 e. The first-order chi connectivity index (χ1) is 11.4. The maximum absolute atomic E-state index is 12.9. The SMILES string of the molecule is C/C=c1/nc(C)n(C2CCC(=O)NC2=O)c(=O)/c1=C(\C)CC.CC. The fourth-order valence-electron chi connectivity index (χ4n) is 2.74. The van der Waals surface area contributed by atoms with E-state index in [1.165, 1.54) is 4.57 Å². The minimum atomic E-state index is -0.674. The lowest BCUT2D eigenvalue weighted by molar-refractivity contribution is -0.135. The number of nitrogens with zero attached hydrogens (tertiary/aromatic N) is 2. The van der Waals surface area contributed by atoms with Crippen LogP contribution in [0.25, 0.3) is 11.6 Å². The monoisotopic (exact) mass is 333 g/mol. The van der Waals surface area contributed by atoms with Crippen LogP contribution in [0.5, 0.6) is 0 Å². The highest BCUT2D eigenvalue weighted by atomic mass is 16.2. The zero-order valence-electron chi connectivity index (χ0n) is 15.4. The summed E-state index contributed by atoms with van der Waals surface area (Å²) in [7, 11) is 0. The maximum Gasteiger partial charge on any atom is 0.262 e. The molecule has 1 aliphatic rings. The molecule has 0 aliphatic carbocycles. The average Bonchev–Trinajstić information content (AvgIpc) is 2.57. The van der Waals surface area contributed by atoms with Crippen molar-refractivity contribution in [3.63, 3.8) is 0 Å². The molecule has 1 aliphatic heterocycles. The highest BCUT2D eigenvalue weighted by Crippen LogP contribution is 2.16. The first-order valence-corrected chi connectivity index (χ1v) is 8.49. The predicted octanol–water partition coefficient (Wildman–Crippen LogP) is 0.937. The van der Waals surface area contributed by atoms with E-state index in [0.29, 0.717) is 22.8 Å². The normalized spacial score (nSPS) is 19.4. The standard InChI is InChI=1S/C16H21N3O3.C2H6/c1-5-9(3)14-11(6-2)17-10(4)19(16(14)22)12-7-8-13(20)18-15(12)21;1-2/h6,12H,5,7-8H2,1-4H3,(H,18,20,21);1-2H3/b11-6+,14-9+;. The van der Waals surface area contributed by atoms with Crippen molar-refractivity contribution in [3.8, 4) is 0 Å². The molecule has 6 nitrogen and oxygen atoms in total. The number of nitrogens with one attached hydrogen (secondary N) is 1. The van der Waals surface area contributed by atoms with Gasteiger partial charge in [0.2, 0.25) is 11.8 Å². The molecule has 0 bridgehead atoms. The number of aromatic nitrogens is 2. The number of hydrogen-bond acceptors (Lipinski definition) is 4. The third-order valence-corrected chi connectivity index (χ3v) is 4.07. The molecule has 1 aromatic heterocycles. The number of imide groups is 1. The highest BCUT2D eigenvalue weighted by molar-refractivity contribution is 5.99. The van der Waals surface area contributed by atoms with Crippen molar-refractivity contribution in [2.45, 2.75) is 66.8 Å². The van der Waals surface area contributed by atoms with E-state index in [4.69, 9.17) is 0 Å². The second-order valence-electron chi connectivity index (χ2n) is 5.48. The topological polar surface area (TPSA) is 81.1 Å². The van der Waals surface area contributed by atoms with Gasteiger partial charge in [-0.25, -0.2) is 4.98 Å². The molecule has 24 heavy (non-hydrogen) atoms. The van der Waals surface area contributed by atoms with Crippen LogP contribution in [0.4, 0.5) is 0 Å². The number of rotatable bonds is 2. The van der Waals surface area contributed by atoms with Gasteiger partial charge in [-0.15, -0.1) is 0 Å². The third-order valence-electron chi connectivity index (χ3n) is 4.07. The van der Waals surface area contributed by atoms with Gasteiger partial charge in [0.15, 0.2) is 0 Å². The van der Waals surface area contributed by atoms with Crippen LogP contribution in [-0.4, -0.2) is 21.4 Å². The lowest BCUT2D eigenvalue weighted by Gasteiger charge is -2.24. The van der Waals surface area contributed by atoms with Crippen molar-refractivity contribution in [3.05, 3.63) is 26.7 Å². The van der Waals surface area contributed by atoms with Crippen molar-refractivity contribution >= 4 is 23.5 Å². The van der Waals surface area contributed by atoms with Gasteiger partial charge < -0.3 is 0 Å². The van der Waals surface area contributed by atoms with E-state index in [1.54, 1.807) is 13.0 Å². The summed E-state index contributed by atoms with van der Waals surface area (Å²) < 4.78 is 1.42. The van der Waals surface area contributed by atoms with Gasteiger partial charge in [0.1, 0.15) is 11.9 Å². The molecule has 2 heterocycles. The molecule has 2 amide bonds. The molecule has 0 saturated carbocycles. The quantitative estimate of drug-likeness (QED) is 0.817. The molecule has 1 unspecified atom stereocenters. The Bertz CT molecular complexity index is 806. The molecule has 1 aromatic rings. The van der Waals surface area contributed by atoms with E-state index < -0.39 is 11.9 Å². The fraction of sp³-hybridized carbons (Fsp3) is 0.556. The van der Waals surface area contributed by atoms with Gasteiger partial charge >= 0.3 is 0 Å². The van der Waals surface area contributed by atoms with Crippen molar-refractivity contribution in [2.24, 2.45) is 0 Å². The largest absolute Gasteiger partial charge is 0.295 e. The molecule has 1 fully saturated rings. The number of hydrogen-bond donors (Lipinski definition) is 1. The molecule has 0 spiro atoms. The molecular weight excluding hydrogens is 306 g/mol. The van der Waals surface area contributed by atoms with Crippen LogP contribution in [0.3, 0.4) is 0 Å². The number of carbonyl (C=O) groups is 2. The second kappa shape index (κ2) is 8.57. The first-order valence-electron chi connectivity index (χ1n) is 8.49. The van der Waals surface area contributed by atoms with Gasteiger partial charge in [-0.1, -0.05) is 32.4 Å². The highest BCUT2D eigenvalue weighted by Gasteiger charge is 2.30. The Morgan fingerprint density at radius 1 is 1.33 bits per heavy atom. The smallest absolute Gasteiger partial charge is 0.262 e. The molecule has 6 heteroatoms. The van der Waals surface area contributed by atoms with Gasteiger partial charge in [0.05, 0.1) is 10.6 Å². The van der Waals surface area contributed by atoms with Crippen molar-refractivity contribution in [1.29, 1.82) is 0 Å². The number of amides is 2. The summed E-state index contributed by atoms with van der Waals surface area (Å²) in [5.41, 5.74) is 0.723. The van der Waals surface area contributed by atoms with E-state index in [2.05, 4.69) is 10.3 Å². The molecule has 1 N–H and O–H groups in total. The summed E-state index contributed by atoms with van der Waals surface area (Å²) >= 11 is 0. The molecular formula is C18H27N3O3. The van der Waals surface area contributed by atoms with Crippen LogP contribution < -0.4 is 21.4 Å². The Kier molecular flexibility index (Phi) is 7.07. The zero-order chi connectivity index (χ0) is 18.4. The fourth-order valence-corrected chi connectivity index (χ4v) is 2.74. The molecule has 1 saturated heterocycles. The van der Waals surface area contributed by atoms with Gasteiger partial charge in [0, 0.05) is 6.42 Å². The van der Waals surface area contributed by atoms with Crippen LogP contribution >= 0.6 is 0 Å². The minimum absolute atomic E-state index is 0.213. The van der Waals surface area contributed by atoms with Gasteiger partial charge in [0.25, 0.3) is 5.56 Å². The molecule has 0 radical (unpaired) electrons. The van der Waals surface area contributed by atoms with Gasteiger partial charge in [-0.2, -0.15) is 0 Å². The van der Waals surface area contributed by atoms with E-state index in [-0.39, 0.29) is 17.9 Å². The predicted molar refractivity (Wildman–Crippen MR) is 94.8 cm³/mol. The van der Waals surface area contributed by atoms with Crippen LogP contribution in [-0.2, 0) is 9.59 Å². The first kappa shape index (κ1) is 19.8. The number of carbonyl (C=O) groups excluding carboxylic acids is 2. The second-order valence-corrected chi connectivity index (χ2v) is 5.48. The van der Waals surface area contributed by atoms with Gasteiger partial charge in [-0.3, -0.25) is 24.3 Å². The Morgan fingerprint density at radius 2 is 1.96 bits per heavy atom. The molecule has 0 aromatic carbocycles. The molecule has 2 rings (SSSR count). The Balaban J connectivity index is 0.00000139. The summed E-state index contributed by atoms with van der Waals surface area (Å²) in [5.74, 6) is -0.244. The number of piperidine rings is 1. The van der Waals surface area contributed by atoms with Gasteiger partial charge in [-0.05, 0) is 33.6 Å². The van der Waals surface area contributed by atoms with Crippen LogP contribution in [0, 0.1) is 6.92 Å². The van der Waals surface area contributed by atoms with Crippen LogP contribution in [0.2, 0.25) is 0 Å². The van der Waals surface area contributed by atoms with E-state index in [0.717, 1.165) is 12.0 Å². The van der Waals surface area contributed by atoms with Crippen molar-refractivity contribution < 1.29 is 9.59 Å². The summed E-state index contributed by atoms with van der Waals surface area (Å²) in [6.45, 7) is 11.4. The van der Waals surface area contributed by atoms with E-state index >= 15 is 0 Å². The molecule has 1 atom stereocenters. The lowest BCUT2D eigenvalue weighted by atomic mass is 10.1. The zero-order valence-corrected chi connectivity index (χ0v) is 15.4. The lowest BCUT2D eigenvalue weighted by Crippen LogP contribution is -2.53. The Labute approximate surface area is 142 Å². The summed E-state index contributed by atoms with van der Waals surface area (Å²) in [6.07, 6.45) is 3.09. The van der Waals surface area contributed by atoms with E-state index in [9.17, 15) is 14.4 Å². The van der Waals surface area contributed by atoms with Crippen LogP contribution in [0.15, 0.2) is 4.79 Å². The van der Waals surface area contributed by atoms with E-state index in [1.807, 2.05) is 34.6 Å².